The van der Waals surface area contributed by atoms with Gasteiger partial charge in [0.15, 0.2) is 0 Å². The van der Waals surface area contributed by atoms with Crippen LogP contribution in [0.2, 0.25) is 0 Å². The maximum absolute atomic E-state index is 12.1. The van der Waals surface area contributed by atoms with Crippen molar-refractivity contribution < 1.29 is 19.5 Å². The van der Waals surface area contributed by atoms with Crippen LogP contribution < -0.4 is 16.0 Å². The summed E-state index contributed by atoms with van der Waals surface area (Å²) >= 11 is 0. The first-order valence-electron chi connectivity index (χ1n) is 7.07. The summed E-state index contributed by atoms with van der Waals surface area (Å²) in [5.41, 5.74) is 0.676. The standard InChI is InChI=1S/C13H19N5O4/c19-11(20)6-16-12(21)10(4-8-5-14-7-17-8)18-13(22)9-2-1-3-15-9/h5,7,9-10,15H,1-4,6H2,(H,14,17)(H,16,21)(H,18,22)(H,19,20)/t9-,10+/m1/s1. The number of hydrogen-bond acceptors (Lipinski definition) is 5. The normalized spacial score (nSPS) is 18.6. The molecule has 1 fully saturated rings. The van der Waals surface area contributed by atoms with E-state index in [0.29, 0.717) is 5.69 Å². The van der Waals surface area contributed by atoms with Crippen molar-refractivity contribution in [2.45, 2.75) is 31.3 Å². The van der Waals surface area contributed by atoms with Crippen molar-refractivity contribution in [2.75, 3.05) is 13.1 Å². The van der Waals surface area contributed by atoms with E-state index in [0.717, 1.165) is 19.4 Å². The lowest BCUT2D eigenvalue weighted by Crippen LogP contribution is -2.53. The number of rotatable bonds is 7. The molecule has 22 heavy (non-hydrogen) atoms. The highest BCUT2D eigenvalue weighted by Gasteiger charge is 2.27. The van der Waals surface area contributed by atoms with Crippen molar-refractivity contribution in [3.05, 3.63) is 18.2 Å². The van der Waals surface area contributed by atoms with E-state index in [1.165, 1.54) is 6.33 Å². The number of imidazole rings is 1. The van der Waals surface area contributed by atoms with Crippen LogP contribution in [0.25, 0.3) is 0 Å². The predicted molar refractivity (Wildman–Crippen MR) is 75.9 cm³/mol. The SMILES string of the molecule is O=C(O)CNC(=O)[C@H](Cc1cnc[nH]1)NC(=O)[C@H]1CCCN1. The molecule has 0 aromatic carbocycles. The molecule has 0 spiro atoms. The number of aromatic nitrogens is 2. The summed E-state index contributed by atoms with van der Waals surface area (Å²) < 4.78 is 0. The molecule has 0 unspecified atom stereocenters. The Labute approximate surface area is 126 Å². The second-order valence-corrected chi connectivity index (χ2v) is 5.10. The number of hydrogen-bond donors (Lipinski definition) is 5. The maximum Gasteiger partial charge on any atom is 0.322 e. The number of carboxylic acids is 1. The molecule has 0 saturated carbocycles. The zero-order valence-corrected chi connectivity index (χ0v) is 12.0. The van der Waals surface area contributed by atoms with E-state index in [1.807, 2.05) is 0 Å². The van der Waals surface area contributed by atoms with Crippen LogP contribution in [-0.2, 0) is 20.8 Å². The smallest absolute Gasteiger partial charge is 0.322 e. The number of nitrogens with zero attached hydrogens (tertiary/aromatic N) is 1. The van der Waals surface area contributed by atoms with Gasteiger partial charge in [-0.1, -0.05) is 0 Å². The van der Waals surface area contributed by atoms with E-state index in [4.69, 9.17) is 5.11 Å². The Kier molecular flexibility index (Phi) is 5.48. The van der Waals surface area contributed by atoms with Crippen LogP contribution in [0.1, 0.15) is 18.5 Å². The van der Waals surface area contributed by atoms with Gasteiger partial charge in [-0.25, -0.2) is 4.98 Å². The van der Waals surface area contributed by atoms with Crippen LogP contribution in [0.5, 0.6) is 0 Å². The molecular formula is C13H19N5O4. The first-order chi connectivity index (χ1) is 10.6. The molecule has 9 heteroatoms. The Balaban J connectivity index is 1.98. The monoisotopic (exact) mass is 309 g/mol. The highest BCUT2D eigenvalue weighted by Crippen LogP contribution is 2.06. The Morgan fingerprint density at radius 2 is 2.27 bits per heavy atom. The van der Waals surface area contributed by atoms with Crippen molar-refractivity contribution in [2.24, 2.45) is 0 Å². The Morgan fingerprint density at radius 1 is 1.45 bits per heavy atom. The van der Waals surface area contributed by atoms with Crippen LogP contribution in [-0.4, -0.2) is 58.0 Å². The molecule has 1 aliphatic rings. The number of H-pyrrole nitrogens is 1. The fourth-order valence-corrected chi connectivity index (χ4v) is 2.29. The lowest BCUT2D eigenvalue weighted by molar-refractivity contribution is -0.138. The van der Waals surface area contributed by atoms with E-state index in [-0.39, 0.29) is 18.4 Å². The van der Waals surface area contributed by atoms with Gasteiger partial charge in [-0.3, -0.25) is 14.4 Å². The first-order valence-corrected chi connectivity index (χ1v) is 7.07. The highest BCUT2D eigenvalue weighted by molar-refractivity contribution is 5.91. The number of aromatic amines is 1. The molecule has 5 N–H and O–H groups in total. The van der Waals surface area contributed by atoms with Crippen molar-refractivity contribution in [3.8, 4) is 0 Å². The molecule has 120 valence electrons. The summed E-state index contributed by atoms with van der Waals surface area (Å²) in [6.07, 6.45) is 4.87. The van der Waals surface area contributed by atoms with Crippen LogP contribution >= 0.6 is 0 Å². The Hall–Kier alpha value is -2.42. The molecule has 2 heterocycles. The van der Waals surface area contributed by atoms with Gasteiger partial charge in [0.2, 0.25) is 11.8 Å². The van der Waals surface area contributed by atoms with Crippen LogP contribution in [0.3, 0.4) is 0 Å². The third kappa shape index (κ3) is 4.55. The Morgan fingerprint density at radius 3 is 2.86 bits per heavy atom. The summed E-state index contributed by atoms with van der Waals surface area (Å²) in [5.74, 6) is -1.94. The van der Waals surface area contributed by atoms with Gasteiger partial charge in [0.05, 0.1) is 12.4 Å². The lowest BCUT2D eigenvalue weighted by Gasteiger charge is -2.19. The molecule has 1 saturated heterocycles. The quantitative estimate of drug-likeness (QED) is 0.411. The zero-order valence-electron chi connectivity index (χ0n) is 12.0. The van der Waals surface area contributed by atoms with E-state index in [9.17, 15) is 14.4 Å². The van der Waals surface area contributed by atoms with E-state index < -0.39 is 24.5 Å². The Bertz CT molecular complexity index is 525. The second kappa shape index (κ2) is 7.55. The predicted octanol–water partition coefficient (Wildman–Crippen LogP) is -1.61. The number of carbonyl (C=O) groups is 3. The summed E-state index contributed by atoms with van der Waals surface area (Å²) in [7, 11) is 0. The molecule has 1 aromatic heterocycles. The zero-order chi connectivity index (χ0) is 15.9. The van der Waals surface area contributed by atoms with Gasteiger partial charge in [0, 0.05) is 18.3 Å². The minimum Gasteiger partial charge on any atom is -0.480 e. The molecule has 0 aliphatic carbocycles. The molecule has 1 aromatic rings. The van der Waals surface area contributed by atoms with Crippen LogP contribution in [0.4, 0.5) is 0 Å². The average molecular weight is 309 g/mol. The minimum atomic E-state index is -1.14. The van der Waals surface area contributed by atoms with Gasteiger partial charge in [0.1, 0.15) is 12.6 Å². The number of amides is 2. The average Bonchev–Trinajstić information content (AvgIpc) is 3.16. The lowest BCUT2D eigenvalue weighted by atomic mass is 10.1. The third-order valence-corrected chi connectivity index (χ3v) is 3.40. The number of carboxylic acid groups (broad SMARTS) is 1. The van der Waals surface area contributed by atoms with Crippen molar-refractivity contribution in [1.82, 2.24) is 25.9 Å². The summed E-state index contributed by atoms with van der Waals surface area (Å²) in [6.45, 7) is 0.282. The van der Waals surface area contributed by atoms with Crippen molar-refractivity contribution >= 4 is 17.8 Å². The molecule has 2 atom stereocenters. The summed E-state index contributed by atoms with van der Waals surface area (Å²) in [6, 6.07) is -1.16. The first kappa shape index (κ1) is 16.0. The van der Waals surface area contributed by atoms with E-state index in [1.54, 1.807) is 6.20 Å². The molecule has 1 aliphatic heterocycles. The fraction of sp³-hybridized carbons (Fsp3) is 0.538. The van der Waals surface area contributed by atoms with E-state index >= 15 is 0 Å². The molecule has 9 nitrogen and oxygen atoms in total. The van der Waals surface area contributed by atoms with Gasteiger partial charge >= 0.3 is 5.97 Å². The molecule has 2 rings (SSSR count). The largest absolute Gasteiger partial charge is 0.480 e. The summed E-state index contributed by atoms with van der Waals surface area (Å²) in [5, 5.41) is 16.6. The molecule has 0 radical (unpaired) electrons. The van der Waals surface area contributed by atoms with Gasteiger partial charge in [-0.2, -0.15) is 0 Å². The fourth-order valence-electron chi connectivity index (χ4n) is 2.29. The van der Waals surface area contributed by atoms with Crippen molar-refractivity contribution in [3.63, 3.8) is 0 Å². The maximum atomic E-state index is 12.1. The second-order valence-electron chi connectivity index (χ2n) is 5.10. The molecule has 2 amide bonds. The van der Waals surface area contributed by atoms with Gasteiger partial charge in [0.25, 0.3) is 0 Å². The number of carbonyl (C=O) groups excluding carboxylic acids is 2. The third-order valence-electron chi connectivity index (χ3n) is 3.40. The number of nitrogens with one attached hydrogen (secondary N) is 4. The molecule has 0 bridgehead atoms. The van der Waals surface area contributed by atoms with Gasteiger partial charge in [-0.15, -0.1) is 0 Å². The van der Waals surface area contributed by atoms with Crippen LogP contribution in [0, 0.1) is 0 Å². The van der Waals surface area contributed by atoms with E-state index in [2.05, 4.69) is 25.9 Å². The summed E-state index contributed by atoms with van der Waals surface area (Å²) in [4.78, 5) is 41.5. The van der Waals surface area contributed by atoms with Crippen molar-refractivity contribution in [1.29, 1.82) is 0 Å². The number of aliphatic carboxylic acids is 1. The molecular weight excluding hydrogens is 290 g/mol. The topological polar surface area (TPSA) is 136 Å². The van der Waals surface area contributed by atoms with Gasteiger partial charge < -0.3 is 26.0 Å². The highest BCUT2D eigenvalue weighted by atomic mass is 16.4. The van der Waals surface area contributed by atoms with Gasteiger partial charge in [-0.05, 0) is 19.4 Å². The minimum absolute atomic E-state index is 0.212. The van der Waals surface area contributed by atoms with Crippen LogP contribution in [0.15, 0.2) is 12.5 Å².